The quantitative estimate of drug-likeness (QED) is 0.641. The van der Waals surface area contributed by atoms with Crippen LogP contribution in [0, 0.1) is 0 Å². The van der Waals surface area contributed by atoms with Crippen molar-refractivity contribution in [3.63, 3.8) is 0 Å². The summed E-state index contributed by atoms with van der Waals surface area (Å²) in [6, 6.07) is 15.2. The van der Waals surface area contributed by atoms with Crippen LogP contribution in [0.1, 0.15) is 18.1 Å². The maximum atomic E-state index is 11.9. The third-order valence-corrected chi connectivity index (χ3v) is 4.10. The van der Waals surface area contributed by atoms with Gasteiger partial charge in [-0.1, -0.05) is 37.3 Å². The molecule has 2 aromatic carbocycles. The normalized spacial score (nSPS) is 10.5. The van der Waals surface area contributed by atoms with Gasteiger partial charge in [0.15, 0.2) is 6.61 Å². The molecule has 0 atom stereocenters. The Morgan fingerprint density at radius 3 is 2.61 bits per heavy atom. The van der Waals surface area contributed by atoms with Crippen LogP contribution in [0.25, 0.3) is 11.0 Å². The summed E-state index contributed by atoms with van der Waals surface area (Å²) < 4.78 is 10.6. The molecule has 0 aliphatic rings. The van der Waals surface area contributed by atoms with Crippen LogP contribution >= 0.6 is 0 Å². The van der Waals surface area contributed by atoms with Gasteiger partial charge in [-0.2, -0.15) is 0 Å². The molecule has 0 bridgehead atoms. The first-order valence-corrected chi connectivity index (χ1v) is 8.86. The van der Waals surface area contributed by atoms with Crippen molar-refractivity contribution in [2.75, 3.05) is 6.61 Å². The summed E-state index contributed by atoms with van der Waals surface area (Å²) in [6.07, 6.45) is 0.697. The van der Waals surface area contributed by atoms with Crippen LogP contribution in [-0.2, 0) is 17.8 Å². The number of hydrogen-bond donors (Lipinski definition) is 2. The Morgan fingerprint density at radius 2 is 1.86 bits per heavy atom. The molecule has 1 heterocycles. The summed E-state index contributed by atoms with van der Waals surface area (Å²) in [5, 5.41) is 5.61. The van der Waals surface area contributed by atoms with Crippen LogP contribution in [0.5, 0.6) is 5.75 Å². The Labute approximate surface area is 161 Å². The minimum atomic E-state index is -0.602. The number of imide groups is 1. The maximum absolute atomic E-state index is 11.9. The molecular formula is C21H20N2O5. The zero-order valence-electron chi connectivity index (χ0n) is 15.4. The summed E-state index contributed by atoms with van der Waals surface area (Å²) in [5.74, 6) is -0.224. The highest BCUT2D eigenvalue weighted by atomic mass is 16.5. The number of hydrogen-bond acceptors (Lipinski definition) is 5. The third kappa shape index (κ3) is 4.97. The minimum Gasteiger partial charge on any atom is -0.484 e. The lowest BCUT2D eigenvalue weighted by Gasteiger charge is -2.09. The van der Waals surface area contributed by atoms with Crippen molar-refractivity contribution >= 4 is 22.9 Å². The molecule has 0 radical (unpaired) electrons. The molecule has 3 amide bonds. The number of ether oxygens (including phenoxy) is 1. The summed E-state index contributed by atoms with van der Waals surface area (Å²) >= 11 is 0. The molecule has 0 saturated carbocycles. The average molecular weight is 380 g/mol. The van der Waals surface area contributed by atoms with Crippen molar-refractivity contribution < 1.29 is 18.7 Å². The molecule has 7 heteroatoms. The van der Waals surface area contributed by atoms with Crippen LogP contribution in [-0.4, -0.2) is 18.5 Å². The van der Waals surface area contributed by atoms with E-state index in [0.717, 1.165) is 16.5 Å². The predicted molar refractivity (Wildman–Crippen MR) is 104 cm³/mol. The molecule has 28 heavy (non-hydrogen) atoms. The fourth-order valence-corrected chi connectivity index (χ4v) is 2.73. The first-order valence-electron chi connectivity index (χ1n) is 8.86. The Balaban J connectivity index is 1.54. The van der Waals surface area contributed by atoms with Crippen molar-refractivity contribution in [1.82, 2.24) is 10.6 Å². The van der Waals surface area contributed by atoms with Crippen molar-refractivity contribution in [3.05, 3.63) is 76.1 Å². The number of carbonyl (C=O) groups is 2. The van der Waals surface area contributed by atoms with Gasteiger partial charge in [0.1, 0.15) is 11.3 Å². The number of amides is 3. The molecule has 7 nitrogen and oxygen atoms in total. The predicted octanol–water partition coefficient (Wildman–Crippen LogP) is 2.76. The Hall–Kier alpha value is -3.61. The summed E-state index contributed by atoms with van der Waals surface area (Å²) in [4.78, 5) is 35.3. The van der Waals surface area contributed by atoms with E-state index in [9.17, 15) is 14.4 Å². The number of carbonyl (C=O) groups excluding carboxylic acids is 2. The van der Waals surface area contributed by atoms with Gasteiger partial charge in [-0.15, -0.1) is 0 Å². The van der Waals surface area contributed by atoms with Crippen LogP contribution < -0.4 is 21.0 Å². The largest absolute Gasteiger partial charge is 0.484 e. The van der Waals surface area contributed by atoms with Gasteiger partial charge in [0.25, 0.3) is 5.91 Å². The number of aryl methyl sites for hydroxylation is 1. The second-order valence-electron chi connectivity index (χ2n) is 6.11. The molecule has 2 N–H and O–H groups in total. The molecule has 0 spiro atoms. The van der Waals surface area contributed by atoms with E-state index in [2.05, 4.69) is 10.6 Å². The highest BCUT2D eigenvalue weighted by Gasteiger charge is 2.10. The first kappa shape index (κ1) is 19.2. The van der Waals surface area contributed by atoms with Gasteiger partial charge in [0, 0.05) is 24.1 Å². The van der Waals surface area contributed by atoms with Crippen LogP contribution in [0.2, 0.25) is 0 Å². The number of urea groups is 1. The van der Waals surface area contributed by atoms with Crippen molar-refractivity contribution in [1.29, 1.82) is 0 Å². The van der Waals surface area contributed by atoms with Gasteiger partial charge in [-0.25, -0.2) is 9.59 Å². The standard InChI is InChI=1S/C21H20N2O5/c1-2-15-10-20(25)28-18-11-16(8-9-17(15)18)27-13-19(24)23-21(26)22-12-14-6-4-3-5-7-14/h3-11H,2,12-13H2,1H3,(H2,22,23,24,26). The molecule has 3 aromatic rings. The second-order valence-corrected chi connectivity index (χ2v) is 6.11. The van der Waals surface area contributed by atoms with Gasteiger partial charge in [-0.3, -0.25) is 10.1 Å². The number of benzene rings is 2. The van der Waals surface area contributed by atoms with E-state index in [4.69, 9.17) is 9.15 Å². The molecule has 0 saturated heterocycles. The molecule has 0 fully saturated rings. The molecule has 0 aliphatic carbocycles. The zero-order valence-corrected chi connectivity index (χ0v) is 15.4. The topological polar surface area (TPSA) is 97.6 Å². The van der Waals surface area contributed by atoms with E-state index < -0.39 is 17.6 Å². The monoisotopic (exact) mass is 380 g/mol. The van der Waals surface area contributed by atoms with E-state index in [0.29, 0.717) is 24.3 Å². The summed E-state index contributed by atoms with van der Waals surface area (Å²) in [7, 11) is 0. The van der Waals surface area contributed by atoms with Gasteiger partial charge in [0.05, 0.1) is 0 Å². The van der Waals surface area contributed by atoms with Crippen molar-refractivity contribution in [2.45, 2.75) is 19.9 Å². The lowest BCUT2D eigenvalue weighted by atomic mass is 10.1. The van der Waals surface area contributed by atoms with E-state index in [1.165, 1.54) is 6.07 Å². The number of nitrogens with one attached hydrogen (secondary N) is 2. The smallest absolute Gasteiger partial charge is 0.336 e. The summed E-state index contributed by atoms with van der Waals surface area (Å²) in [5.41, 5.74) is 1.76. The molecular weight excluding hydrogens is 360 g/mol. The molecule has 0 unspecified atom stereocenters. The number of rotatable bonds is 6. The van der Waals surface area contributed by atoms with Crippen LogP contribution in [0.15, 0.2) is 63.8 Å². The SMILES string of the molecule is CCc1cc(=O)oc2cc(OCC(=O)NC(=O)NCc3ccccc3)ccc12. The Kier molecular flexibility index (Phi) is 6.06. The number of fused-ring (bicyclic) bond motifs is 1. The molecule has 144 valence electrons. The fraction of sp³-hybridized carbons (Fsp3) is 0.190. The van der Waals surface area contributed by atoms with E-state index in [1.807, 2.05) is 37.3 Å². The van der Waals surface area contributed by atoms with Gasteiger partial charge in [0.2, 0.25) is 0 Å². The van der Waals surface area contributed by atoms with Gasteiger partial charge >= 0.3 is 11.7 Å². The highest BCUT2D eigenvalue weighted by Crippen LogP contribution is 2.22. The van der Waals surface area contributed by atoms with E-state index in [-0.39, 0.29) is 6.61 Å². The van der Waals surface area contributed by atoms with E-state index >= 15 is 0 Å². The summed E-state index contributed by atoms with van der Waals surface area (Å²) in [6.45, 7) is 1.91. The lowest BCUT2D eigenvalue weighted by molar-refractivity contribution is -0.122. The maximum Gasteiger partial charge on any atom is 0.336 e. The fourth-order valence-electron chi connectivity index (χ4n) is 2.73. The average Bonchev–Trinajstić information content (AvgIpc) is 2.70. The molecule has 0 aliphatic heterocycles. The second kappa shape index (κ2) is 8.85. The molecule has 1 aromatic heterocycles. The highest BCUT2D eigenvalue weighted by molar-refractivity contribution is 5.95. The van der Waals surface area contributed by atoms with Crippen LogP contribution in [0.4, 0.5) is 4.79 Å². The Morgan fingerprint density at radius 1 is 1.07 bits per heavy atom. The Bertz CT molecular complexity index is 1040. The zero-order chi connectivity index (χ0) is 19.9. The lowest BCUT2D eigenvalue weighted by Crippen LogP contribution is -2.41. The first-order chi connectivity index (χ1) is 13.5. The van der Waals surface area contributed by atoms with E-state index in [1.54, 1.807) is 18.2 Å². The van der Waals surface area contributed by atoms with Gasteiger partial charge < -0.3 is 14.5 Å². The third-order valence-electron chi connectivity index (χ3n) is 4.10. The minimum absolute atomic E-state index is 0.310. The molecule has 3 rings (SSSR count). The van der Waals surface area contributed by atoms with Crippen LogP contribution in [0.3, 0.4) is 0 Å². The van der Waals surface area contributed by atoms with Crippen molar-refractivity contribution in [3.8, 4) is 5.75 Å². The van der Waals surface area contributed by atoms with Gasteiger partial charge in [-0.05, 0) is 29.7 Å². The van der Waals surface area contributed by atoms with Crippen molar-refractivity contribution in [2.24, 2.45) is 0 Å².